The van der Waals surface area contributed by atoms with Crippen LogP contribution in [0, 0.1) is 6.92 Å². The number of nitrogens with zero attached hydrogens (tertiary/aromatic N) is 2. The minimum Gasteiger partial charge on any atom is -0.376 e. The average molecular weight is 451 g/mol. The van der Waals surface area contributed by atoms with Gasteiger partial charge in [-0.1, -0.05) is 42.1 Å². The molecule has 1 aliphatic rings. The van der Waals surface area contributed by atoms with Crippen molar-refractivity contribution in [2.75, 3.05) is 12.4 Å². The molecule has 4 aromatic rings. The number of thioether (sulfide) groups is 1. The summed E-state index contributed by atoms with van der Waals surface area (Å²) in [6.07, 6.45) is 1.95. The third-order valence-corrected chi connectivity index (χ3v) is 7.96. The fourth-order valence-corrected chi connectivity index (χ4v) is 6.17. The van der Waals surface area contributed by atoms with Crippen LogP contribution in [0.3, 0.4) is 0 Å². The van der Waals surface area contributed by atoms with E-state index < -0.39 is 0 Å². The summed E-state index contributed by atoms with van der Waals surface area (Å²) in [4.78, 5) is 31.8. The summed E-state index contributed by atoms with van der Waals surface area (Å²) in [6, 6.07) is 15.4. The lowest BCUT2D eigenvalue weighted by Crippen LogP contribution is -2.29. The van der Waals surface area contributed by atoms with Gasteiger partial charge in [0.1, 0.15) is 0 Å². The van der Waals surface area contributed by atoms with Gasteiger partial charge in [0.05, 0.1) is 34.2 Å². The number of rotatable bonds is 6. The van der Waals surface area contributed by atoms with E-state index in [1.165, 1.54) is 23.1 Å². The molecular weight excluding hydrogens is 428 g/mol. The number of ketones is 1. The first-order chi connectivity index (χ1) is 15.1. The van der Waals surface area contributed by atoms with Crippen LogP contribution in [0.2, 0.25) is 0 Å². The van der Waals surface area contributed by atoms with Crippen LogP contribution >= 0.6 is 23.1 Å². The minimum absolute atomic E-state index is 0.0144. The number of thiophene rings is 1. The second-order valence-electron chi connectivity index (χ2n) is 7.73. The van der Waals surface area contributed by atoms with Crippen LogP contribution in [0.25, 0.3) is 21.0 Å². The van der Waals surface area contributed by atoms with E-state index in [9.17, 15) is 9.59 Å². The predicted molar refractivity (Wildman–Crippen MR) is 127 cm³/mol. The zero-order valence-corrected chi connectivity index (χ0v) is 18.8. The van der Waals surface area contributed by atoms with E-state index in [1.54, 1.807) is 10.6 Å². The van der Waals surface area contributed by atoms with Crippen LogP contribution in [0.15, 0.2) is 58.5 Å². The molecule has 1 unspecified atom stereocenters. The molecule has 158 valence electrons. The molecule has 0 amide bonds. The van der Waals surface area contributed by atoms with Crippen molar-refractivity contribution in [3.05, 3.63) is 69.3 Å². The Balaban J connectivity index is 1.46. The van der Waals surface area contributed by atoms with Crippen molar-refractivity contribution in [2.45, 2.75) is 37.6 Å². The van der Waals surface area contributed by atoms with Crippen LogP contribution in [0.1, 0.15) is 28.1 Å². The standard InChI is InChI=1S/C24H22N2O3S2/c1-15-17-8-3-5-11-21(17)31-22(15)20(27)14-30-24-25-19-10-4-2-9-18(19)23(28)26(24)13-16-7-6-12-29-16/h2-5,8-11,16H,6-7,12-14H2,1H3. The first-order valence-corrected chi connectivity index (χ1v) is 12.2. The fraction of sp³-hybridized carbons (Fsp3) is 0.292. The molecule has 0 N–H and O–H groups in total. The first-order valence-electron chi connectivity index (χ1n) is 10.4. The first kappa shape index (κ1) is 20.4. The smallest absolute Gasteiger partial charge is 0.262 e. The molecule has 1 saturated heterocycles. The third-order valence-electron chi connectivity index (χ3n) is 5.67. The van der Waals surface area contributed by atoms with Gasteiger partial charge in [-0.25, -0.2) is 4.98 Å². The fourth-order valence-electron chi connectivity index (χ4n) is 4.05. The Labute approximate surface area is 188 Å². The monoisotopic (exact) mass is 450 g/mol. The summed E-state index contributed by atoms with van der Waals surface area (Å²) < 4.78 is 8.57. The Morgan fingerprint density at radius 2 is 1.97 bits per heavy atom. The molecule has 0 spiro atoms. The number of hydrogen-bond acceptors (Lipinski definition) is 6. The molecule has 1 aliphatic heterocycles. The number of hydrogen-bond donors (Lipinski definition) is 0. The van der Waals surface area contributed by atoms with Crippen molar-refractivity contribution in [2.24, 2.45) is 0 Å². The van der Waals surface area contributed by atoms with Crippen LogP contribution in [-0.2, 0) is 11.3 Å². The summed E-state index contributed by atoms with van der Waals surface area (Å²) in [5, 5.41) is 2.29. The summed E-state index contributed by atoms with van der Waals surface area (Å²) in [7, 11) is 0. The highest BCUT2D eigenvalue weighted by Crippen LogP contribution is 2.32. The Morgan fingerprint density at radius 3 is 2.74 bits per heavy atom. The third kappa shape index (κ3) is 3.93. The van der Waals surface area contributed by atoms with E-state index in [0.717, 1.165) is 40.0 Å². The van der Waals surface area contributed by atoms with Crippen molar-refractivity contribution >= 4 is 49.9 Å². The number of aryl methyl sites for hydroxylation is 1. The average Bonchev–Trinajstić information content (AvgIpc) is 3.42. The van der Waals surface area contributed by atoms with E-state index in [1.807, 2.05) is 43.3 Å². The van der Waals surface area contributed by atoms with Gasteiger partial charge in [-0.15, -0.1) is 11.3 Å². The SMILES string of the molecule is Cc1c(C(=O)CSc2nc3ccccc3c(=O)n2CC2CCCO2)sc2ccccc12. The van der Waals surface area contributed by atoms with Gasteiger partial charge in [-0.05, 0) is 48.9 Å². The molecule has 0 bridgehead atoms. The molecular formula is C24H22N2O3S2. The van der Waals surface area contributed by atoms with Crippen LogP contribution < -0.4 is 5.56 Å². The number of ether oxygens (including phenoxy) is 1. The largest absolute Gasteiger partial charge is 0.376 e. The maximum absolute atomic E-state index is 13.2. The maximum atomic E-state index is 13.2. The number of fused-ring (bicyclic) bond motifs is 2. The molecule has 0 aliphatic carbocycles. The number of Topliss-reactive ketones (excluding diaryl/α,β-unsaturated/α-hetero) is 1. The van der Waals surface area contributed by atoms with Gasteiger partial charge >= 0.3 is 0 Å². The second-order valence-corrected chi connectivity index (χ2v) is 9.72. The van der Waals surface area contributed by atoms with E-state index in [-0.39, 0.29) is 23.2 Å². The van der Waals surface area contributed by atoms with Gasteiger partial charge in [0.15, 0.2) is 10.9 Å². The van der Waals surface area contributed by atoms with E-state index in [0.29, 0.717) is 22.6 Å². The summed E-state index contributed by atoms with van der Waals surface area (Å²) in [6.45, 7) is 3.19. The molecule has 3 heterocycles. The molecule has 2 aromatic heterocycles. The van der Waals surface area contributed by atoms with Gasteiger partial charge in [0.25, 0.3) is 5.56 Å². The Morgan fingerprint density at radius 1 is 1.19 bits per heavy atom. The van der Waals surface area contributed by atoms with Crippen molar-refractivity contribution in [3.8, 4) is 0 Å². The molecule has 1 atom stereocenters. The molecule has 0 radical (unpaired) electrons. The number of benzene rings is 2. The highest BCUT2D eigenvalue weighted by Gasteiger charge is 2.22. The van der Waals surface area contributed by atoms with Gasteiger partial charge in [0.2, 0.25) is 0 Å². The number of carbonyl (C=O) groups excluding carboxylic acids is 1. The van der Waals surface area contributed by atoms with Crippen molar-refractivity contribution in [1.29, 1.82) is 0 Å². The second kappa shape index (κ2) is 8.57. The minimum atomic E-state index is -0.0749. The lowest BCUT2D eigenvalue weighted by Gasteiger charge is -2.16. The molecule has 2 aromatic carbocycles. The van der Waals surface area contributed by atoms with Gasteiger partial charge in [0, 0.05) is 11.3 Å². The van der Waals surface area contributed by atoms with Crippen molar-refractivity contribution in [1.82, 2.24) is 9.55 Å². The Hall–Kier alpha value is -2.48. The summed E-state index contributed by atoms with van der Waals surface area (Å²) >= 11 is 2.87. The zero-order valence-electron chi connectivity index (χ0n) is 17.2. The molecule has 5 rings (SSSR count). The highest BCUT2D eigenvalue weighted by molar-refractivity contribution is 7.99. The van der Waals surface area contributed by atoms with Crippen molar-refractivity contribution in [3.63, 3.8) is 0 Å². The summed E-state index contributed by atoms with van der Waals surface area (Å²) in [5.41, 5.74) is 1.60. The normalized spacial score (nSPS) is 16.4. The Kier molecular flexibility index (Phi) is 5.65. The van der Waals surface area contributed by atoms with Crippen LogP contribution in [0.5, 0.6) is 0 Å². The molecule has 31 heavy (non-hydrogen) atoms. The summed E-state index contributed by atoms with van der Waals surface area (Å²) in [5.74, 6) is 0.305. The van der Waals surface area contributed by atoms with Gasteiger partial charge in [-0.2, -0.15) is 0 Å². The lowest BCUT2D eigenvalue weighted by molar-refractivity contribution is 0.0937. The van der Waals surface area contributed by atoms with Crippen molar-refractivity contribution < 1.29 is 9.53 Å². The van der Waals surface area contributed by atoms with E-state index in [4.69, 9.17) is 9.72 Å². The quantitative estimate of drug-likeness (QED) is 0.233. The molecule has 0 saturated carbocycles. The predicted octanol–water partition coefficient (Wildman–Crippen LogP) is 5.07. The number of para-hydroxylation sites is 1. The Bertz CT molecular complexity index is 1340. The van der Waals surface area contributed by atoms with E-state index in [2.05, 4.69) is 6.07 Å². The maximum Gasteiger partial charge on any atom is 0.262 e. The molecule has 5 nitrogen and oxygen atoms in total. The van der Waals surface area contributed by atoms with E-state index >= 15 is 0 Å². The van der Waals surface area contributed by atoms with Gasteiger partial charge in [-0.3, -0.25) is 14.2 Å². The zero-order chi connectivity index (χ0) is 21.4. The lowest BCUT2D eigenvalue weighted by atomic mass is 10.1. The van der Waals surface area contributed by atoms with Crippen LogP contribution in [-0.4, -0.2) is 33.8 Å². The van der Waals surface area contributed by atoms with Crippen LogP contribution in [0.4, 0.5) is 0 Å². The van der Waals surface area contributed by atoms with Gasteiger partial charge < -0.3 is 4.74 Å². The number of aromatic nitrogens is 2. The molecule has 7 heteroatoms. The number of carbonyl (C=O) groups is 1. The highest BCUT2D eigenvalue weighted by atomic mass is 32.2. The molecule has 1 fully saturated rings. The topological polar surface area (TPSA) is 61.2 Å².